The quantitative estimate of drug-likeness (QED) is 0.735. The number of rotatable bonds is 5. The van der Waals surface area contributed by atoms with Crippen LogP contribution in [0.3, 0.4) is 0 Å². The summed E-state index contributed by atoms with van der Waals surface area (Å²) in [5.74, 6) is 0.384. The number of ether oxygens (including phenoxy) is 1. The van der Waals surface area contributed by atoms with E-state index in [0.29, 0.717) is 25.6 Å². The minimum Gasteiger partial charge on any atom is -0.376 e. The summed E-state index contributed by atoms with van der Waals surface area (Å²) in [6.45, 7) is 4.84. The molecule has 0 aromatic rings. The maximum atomic E-state index is 13.0. The highest BCUT2D eigenvalue weighted by Crippen LogP contribution is 2.23. The van der Waals surface area contributed by atoms with Gasteiger partial charge in [0.05, 0.1) is 24.2 Å². The number of amides is 1. The summed E-state index contributed by atoms with van der Waals surface area (Å²) in [5, 5.41) is 0. The van der Waals surface area contributed by atoms with Gasteiger partial charge in [-0.15, -0.1) is 0 Å². The average molecular weight is 359 g/mol. The van der Waals surface area contributed by atoms with Crippen molar-refractivity contribution in [2.24, 2.45) is 0 Å². The topological polar surface area (TPSA) is 66.9 Å². The van der Waals surface area contributed by atoms with Crippen LogP contribution in [0.2, 0.25) is 0 Å². The highest BCUT2D eigenvalue weighted by Gasteiger charge is 2.37. The first-order chi connectivity index (χ1) is 11.4. The molecule has 0 unspecified atom stereocenters. The fourth-order valence-electron chi connectivity index (χ4n) is 4.14. The van der Waals surface area contributed by atoms with E-state index < -0.39 is 9.84 Å². The summed E-state index contributed by atoms with van der Waals surface area (Å²) in [6.07, 6.45) is 6.12. The highest BCUT2D eigenvalue weighted by atomic mass is 32.2. The summed E-state index contributed by atoms with van der Waals surface area (Å²) in [5.41, 5.74) is 0. The number of likely N-dealkylation sites (tertiary alicyclic amines) is 1. The van der Waals surface area contributed by atoms with Crippen LogP contribution >= 0.6 is 0 Å². The third kappa shape index (κ3) is 4.49. The van der Waals surface area contributed by atoms with Gasteiger partial charge in [0.2, 0.25) is 5.91 Å². The van der Waals surface area contributed by atoms with Crippen molar-refractivity contribution in [1.82, 2.24) is 9.80 Å². The van der Waals surface area contributed by atoms with Crippen LogP contribution in [0.15, 0.2) is 0 Å². The number of carbonyl (C=O) groups excluding carboxylic acids is 1. The van der Waals surface area contributed by atoms with Crippen molar-refractivity contribution in [3.63, 3.8) is 0 Å². The lowest BCUT2D eigenvalue weighted by atomic mass is 10.0. The first-order valence-electron chi connectivity index (χ1n) is 9.30. The second kappa shape index (κ2) is 7.70. The molecule has 3 aliphatic rings. The Balaban J connectivity index is 1.66. The summed E-state index contributed by atoms with van der Waals surface area (Å²) < 4.78 is 29.4. The summed E-state index contributed by atoms with van der Waals surface area (Å²) in [7, 11) is -3.00. The molecule has 3 heterocycles. The minimum absolute atomic E-state index is 0.0658. The zero-order valence-electron chi connectivity index (χ0n) is 14.7. The van der Waals surface area contributed by atoms with Gasteiger partial charge in [-0.3, -0.25) is 9.69 Å². The molecule has 0 aromatic heterocycles. The van der Waals surface area contributed by atoms with Gasteiger partial charge in [-0.25, -0.2) is 8.42 Å². The van der Waals surface area contributed by atoms with Crippen molar-refractivity contribution >= 4 is 15.7 Å². The van der Waals surface area contributed by atoms with Crippen molar-refractivity contribution in [3.8, 4) is 0 Å². The van der Waals surface area contributed by atoms with E-state index in [1.165, 1.54) is 6.42 Å². The number of hydrogen-bond donors (Lipinski definition) is 0. The lowest BCUT2D eigenvalue weighted by Crippen LogP contribution is -2.51. The van der Waals surface area contributed by atoms with Crippen LogP contribution < -0.4 is 0 Å². The third-order valence-electron chi connectivity index (χ3n) is 5.67. The summed E-state index contributed by atoms with van der Waals surface area (Å²) in [6, 6.07) is 0.256. The van der Waals surface area contributed by atoms with Crippen LogP contribution in [0, 0.1) is 0 Å². The van der Waals surface area contributed by atoms with Crippen LogP contribution in [0.5, 0.6) is 0 Å². The summed E-state index contributed by atoms with van der Waals surface area (Å²) >= 11 is 0. The van der Waals surface area contributed by atoms with E-state index in [0.717, 1.165) is 38.8 Å². The molecule has 0 bridgehead atoms. The molecule has 3 saturated heterocycles. The van der Waals surface area contributed by atoms with E-state index >= 15 is 0 Å². The van der Waals surface area contributed by atoms with Gasteiger partial charge in [0, 0.05) is 25.2 Å². The molecule has 7 heteroatoms. The summed E-state index contributed by atoms with van der Waals surface area (Å²) in [4.78, 5) is 17.0. The smallest absolute Gasteiger partial charge is 0.237 e. The molecule has 0 radical (unpaired) electrons. The molecular weight excluding hydrogens is 328 g/mol. The molecule has 0 saturated carbocycles. The molecule has 0 N–H and O–H groups in total. The average Bonchev–Trinajstić information content (AvgIpc) is 3.16. The monoisotopic (exact) mass is 358 g/mol. The molecule has 24 heavy (non-hydrogen) atoms. The molecule has 0 aromatic carbocycles. The fourth-order valence-corrected chi connectivity index (χ4v) is 5.87. The Morgan fingerprint density at radius 1 is 1.21 bits per heavy atom. The first-order valence-corrected chi connectivity index (χ1v) is 11.1. The number of carbonyl (C=O) groups is 1. The Kier molecular flexibility index (Phi) is 5.82. The molecule has 0 spiro atoms. The van der Waals surface area contributed by atoms with Crippen LogP contribution in [-0.4, -0.2) is 80.1 Å². The van der Waals surface area contributed by atoms with Gasteiger partial charge >= 0.3 is 0 Å². The van der Waals surface area contributed by atoms with E-state index in [-0.39, 0.29) is 29.6 Å². The van der Waals surface area contributed by atoms with Gasteiger partial charge in [0.1, 0.15) is 0 Å². The van der Waals surface area contributed by atoms with Crippen molar-refractivity contribution in [1.29, 1.82) is 0 Å². The standard InChI is InChI=1S/C17H30N2O4S/c1-14-5-2-3-8-18(14)12-17(20)19(11-16-6-4-9-23-16)15-7-10-24(21,22)13-15/h14-16H,2-13H2,1H3/t14-,15-,16+/m1/s1. The van der Waals surface area contributed by atoms with Gasteiger partial charge < -0.3 is 9.64 Å². The van der Waals surface area contributed by atoms with Crippen molar-refractivity contribution in [3.05, 3.63) is 0 Å². The largest absolute Gasteiger partial charge is 0.376 e. The molecule has 1 amide bonds. The molecule has 3 fully saturated rings. The molecule has 3 atom stereocenters. The second-order valence-electron chi connectivity index (χ2n) is 7.55. The normalized spacial score (nSPS) is 33.6. The Morgan fingerprint density at radius 2 is 2.04 bits per heavy atom. The minimum atomic E-state index is -3.00. The van der Waals surface area contributed by atoms with Gasteiger partial charge in [0.25, 0.3) is 0 Å². The predicted molar refractivity (Wildman–Crippen MR) is 92.6 cm³/mol. The SMILES string of the molecule is C[C@@H]1CCCCN1CC(=O)N(C[C@@H]1CCCO1)[C@@H]1CCS(=O)(=O)C1. The Morgan fingerprint density at radius 3 is 2.67 bits per heavy atom. The lowest BCUT2D eigenvalue weighted by molar-refractivity contribution is -0.137. The zero-order valence-corrected chi connectivity index (χ0v) is 15.5. The van der Waals surface area contributed by atoms with E-state index in [9.17, 15) is 13.2 Å². The van der Waals surface area contributed by atoms with Crippen LogP contribution in [0.4, 0.5) is 0 Å². The molecule has 138 valence electrons. The van der Waals surface area contributed by atoms with Crippen molar-refractivity contribution < 1.29 is 17.9 Å². The van der Waals surface area contributed by atoms with Crippen LogP contribution in [0.25, 0.3) is 0 Å². The Bertz CT molecular complexity index is 545. The van der Waals surface area contributed by atoms with Gasteiger partial charge in [-0.2, -0.15) is 0 Å². The molecule has 3 rings (SSSR count). The van der Waals surface area contributed by atoms with Gasteiger partial charge in [-0.1, -0.05) is 6.42 Å². The van der Waals surface area contributed by atoms with Crippen LogP contribution in [0.1, 0.15) is 45.4 Å². The number of nitrogens with zero attached hydrogens (tertiary/aromatic N) is 2. The second-order valence-corrected chi connectivity index (χ2v) is 9.78. The zero-order chi connectivity index (χ0) is 17.2. The lowest BCUT2D eigenvalue weighted by Gasteiger charge is -2.36. The molecular formula is C17H30N2O4S. The third-order valence-corrected chi connectivity index (χ3v) is 7.42. The highest BCUT2D eigenvalue weighted by molar-refractivity contribution is 7.91. The van der Waals surface area contributed by atoms with Gasteiger partial charge in [0.15, 0.2) is 9.84 Å². The maximum absolute atomic E-state index is 13.0. The van der Waals surface area contributed by atoms with Crippen molar-refractivity contribution in [2.75, 3.05) is 37.7 Å². The number of sulfone groups is 1. The Hall–Kier alpha value is -0.660. The van der Waals surface area contributed by atoms with E-state index in [1.807, 2.05) is 4.90 Å². The van der Waals surface area contributed by atoms with E-state index in [2.05, 4.69) is 11.8 Å². The molecule has 6 nitrogen and oxygen atoms in total. The van der Waals surface area contributed by atoms with E-state index in [4.69, 9.17) is 4.74 Å². The van der Waals surface area contributed by atoms with Gasteiger partial charge in [-0.05, 0) is 45.6 Å². The molecule has 0 aliphatic carbocycles. The number of piperidine rings is 1. The van der Waals surface area contributed by atoms with Crippen LogP contribution in [-0.2, 0) is 19.4 Å². The van der Waals surface area contributed by atoms with Crippen molar-refractivity contribution in [2.45, 2.75) is 63.6 Å². The predicted octanol–water partition coefficient (Wildman–Crippen LogP) is 1.06. The fraction of sp³-hybridized carbons (Fsp3) is 0.941. The first kappa shape index (κ1) is 18.1. The maximum Gasteiger partial charge on any atom is 0.237 e. The van der Waals surface area contributed by atoms with E-state index in [1.54, 1.807) is 0 Å². The number of hydrogen-bond acceptors (Lipinski definition) is 5. The Labute approximate surface area is 145 Å². The molecule has 3 aliphatic heterocycles.